The van der Waals surface area contributed by atoms with Crippen molar-refractivity contribution in [3.8, 4) is 5.75 Å². The van der Waals surface area contributed by atoms with Gasteiger partial charge in [0.15, 0.2) is 6.61 Å². The number of benzene rings is 2. The fourth-order valence-corrected chi connectivity index (χ4v) is 2.67. The lowest BCUT2D eigenvalue weighted by Gasteiger charge is -2.29. The van der Waals surface area contributed by atoms with E-state index in [9.17, 15) is 14.0 Å². The van der Waals surface area contributed by atoms with Gasteiger partial charge in [-0.25, -0.2) is 4.39 Å². The number of hydrogen-bond acceptors (Lipinski definition) is 3. The molecule has 0 unspecified atom stereocenters. The van der Waals surface area contributed by atoms with Crippen molar-refractivity contribution >= 4 is 23.4 Å². The topological polar surface area (TPSA) is 58.6 Å². The lowest BCUT2D eigenvalue weighted by atomic mass is 10.1. The molecule has 0 radical (unpaired) electrons. The van der Waals surface area contributed by atoms with Gasteiger partial charge in [-0.15, -0.1) is 0 Å². The number of carbonyl (C=O) groups excluding carboxylic acids is 2. The number of likely N-dealkylation sites (N-methyl/N-ethyl adjacent to an activating group) is 1. The first kappa shape index (κ1) is 20.7. The molecular formula is C20H22ClFN2O3. The Morgan fingerprint density at radius 1 is 1.19 bits per heavy atom. The maximum atomic E-state index is 13.0. The number of halogens is 2. The normalized spacial score (nSPS) is 11.6. The Hall–Kier alpha value is -2.60. The summed E-state index contributed by atoms with van der Waals surface area (Å²) in [6.45, 7) is 3.81. The summed E-state index contributed by atoms with van der Waals surface area (Å²) in [5.41, 5.74) is 0.727. The van der Waals surface area contributed by atoms with Crippen molar-refractivity contribution in [1.82, 2.24) is 10.2 Å². The maximum Gasteiger partial charge on any atom is 0.261 e. The first-order valence-corrected chi connectivity index (χ1v) is 8.99. The Labute approximate surface area is 163 Å². The molecule has 2 aromatic rings. The van der Waals surface area contributed by atoms with E-state index in [1.54, 1.807) is 25.1 Å². The van der Waals surface area contributed by atoms with Gasteiger partial charge in [-0.05, 0) is 49.7 Å². The van der Waals surface area contributed by atoms with Crippen molar-refractivity contribution in [2.75, 3.05) is 13.2 Å². The van der Waals surface area contributed by atoms with Gasteiger partial charge in [0.1, 0.15) is 17.6 Å². The highest BCUT2D eigenvalue weighted by atomic mass is 35.5. The summed E-state index contributed by atoms with van der Waals surface area (Å²) in [5.74, 6) is -0.662. The summed E-state index contributed by atoms with van der Waals surface area (Å²) in [7, 11) is 0. The predicted molar refractivity (Wildman–Crippen MR) is 102 cm³/mol. The highest BCUT2D eigenvalue weighted by Gasteiger charge is 2.26. The molecule has 5 nitrogen and oxygen atoms in total. The van der Waals surface area contributed by atoms with Gasteiger partial charge in [-0.1, -0.05) is 29.8 Å². The Morgan fingerprint density at radius 2 is 1.85 bits per heavy atom. The van der Waals surface area contributed by atoms with Crippen molar-refractivity contribution in [1.29, 1.82) is 0 Å². The Kier molecular flexibility index (Phi) is 7.61. The fourth-order valence-electron chi connectivity index (χ4n) is 2.47. The summed E-state index contributed by atoms with van der Waals surface area (Å²) < 4.78 is 18.4. The lowest BCUT2D eigenvalue weighted by Crippen LogP contribution is -2.49. The van der Waals surface area contributed by atoms with Crippen LogP contribution >= 0.6 is 11.6 Å². The van der Waals surface area contributed by atoms with Crippen LogP contribution in [0.2, 0.25) is 5.02 Å². The molecule has 0 aliphatic heterocycles. The van der Waals surface area contributed by atoms with Crippen LogP contribution in [0.1, 0.15) is 19.4 Å². The zero-order valence-electron chi connectivity index (χ0n) is 15.2. The van der Waals surface area contributed by atoms with Crippen LogP contribution in [-0.2, 0) is 16.1 Å². The van der Waals surface area contributed by atoms with Crippen LogP contribution in [0, 0.1) is 5.82 Å². The van der Waals surface area contributed by atoms with Crippen LogP contribution in [0.5, 0.6) is 5.75 Å². The van der Waals surface area contributed by atoms with Gasteiger partial charge >= 0.3 is 0 Å². The quantitative estimate of drug-likeness (QED) is 0.749. The monoisotopic (exact) mass is 392 g/mol. The van der Waals surface area contributed by atoms with E-state index >= 15 is 0 Å². The van der Waals surface area contributed by atoms with Crippen molar-refractivity contribution < 1.29 is 18.7 Å². The van der Waals surface area contributed by atoms with Gasteiger partial charge in [-0.3, -0.25) is 9.59 Å². The first-order chi connectivity index (χ1) is 12.9. The highest BCUT2D eigenvalue weighted by Crippen LogP contribution is 2.19. The number of amides is 2. The van der Waals surface area contributed by atoms with Crippen LogP contribution < -0.4 is 10.1 Å². The lowest BCUT2D eigenvalue weighted by molar-refractivity contribution is -0.142. The number of hydrogen-bond donors (Lipinski definition) is 1. The fraction of sp³-hybridized carbons (Fsp3) is 0.300. The molecule has 1 atom stereocenters. The van der Waals surface area contributed by atoms with Gasteiger partial charge in [0, 0.05) is 18.1 Å². The minimum atomic E-state index is -0.703. The molecular weight excluding hydrogens is 371 g/mol. The smallest absolute Gasteiger partial charge is 0.261 e. The second-order valence-electron chi connectivity index (χ2n) is 5.93. The molecule has 0 fully saturated rings. The zero-order valence-corrected chi connectivity index (χ0v) is 16.0. The molecule has 2 rings (SSSR count). The Bertz CT molecular complexity index is 783. The molecule has 0 spiro atoms. The third-order valence-corrected chi connectivity index (χ3v) is 4.36. The average Bonchev–Trinajstić information content (AvgIpc) is 2.66. The van der Waals surface area contributed by atoms with Gasteiger partial charge in [-0.2, -0.15) is 0 Å². The van der Waals surface area contributed by atoms with Crippen molar-refractivity contribution in [2.24, 2.45) is 0 Å². The SMILES string of the molecule is CCNC(=O)[C@H](C)N(Cc1ccccc1Cl)C(=O)COc1ccc(F)cc1. The molecule has 0 aromatic heterocycles. The van der Waals surface area contributed by atoms with Gasteiger partial charge < -0.3 is 15.0 Å². The number of carbonyl (C=O) groups is 2. The van der Waals surface area contributed by atoms with Crippen LogP contribution in [0.4, 0.5) is 4.39 Å². The Balaban J connectivity index is 2.14. The minimum Gasteiger partial charge on any atom is -0.484 e. The van der Waals surface area contributed by atoms with E-state index < -0.39 is 6.04 Å². The molecule has 0 heterocycles. The summed E-state index contributed by atoms with van der Waals surface area (Å²) >= 11 is 6.20. The molecule has 144 valence electrons. The van der Waals surface area contributed by atoms with E-state index in [0.29, 0.717) is 17.3 Å². The molecule has 2 aromatic carbocycles. The van der Waals surface area contributed by atoms with Gasteiger partial charge in [0.25, 0.3) is 5.91 Å². The number of nitrogens with one attached hydrogen (secondary N) is 1. The molecule has 7 heteroatoms. The van der Waals surface area contributed by atoms with Crippen molar-refractivity contribution in [2.45, 2.75) is 26.4 Å². The summed E-state index contributed by atoms with van der Waals surface area (Å²) in [6.07, 6.45) is 0. The number of ether oxygens (including phenoxy) is 1. The summed E-state index contributed by atoms with van der Waals surface area (Å²) in [6, 6.07) is 11.8. The highest BCUT2D eigenvalue weighted by molar-refractivity contribution is 6.31. The second kappa shape index (κ2) is 9.92. The third-order valence-electron chi connectivity index (χ3n) is 3.99. The second-order valence-corrected chi connectivity index (χ2v) is 6.33. The maximum absolute atomic E-state index is 13.0. The van der Waals surface area contributed by atoms with Gasteiger partial charge in [0.2, 0.25) is 5.91 Å². The molecule has 2 amide bonds. The number of rotatable bonds is 8. The van der Waals surface area contributed by atoms with Gasteiger partial charge in [0.05, 0.1) is 0 Å². The van der Waals surface area contributed by atoms with E-state index in [4.69, 9.17) is 16.3 Å². The standard InChI is InChI=1S/C20H22ClFN2O3/c1-3-23-20(26)14(2)24(12-15-6-4-5-7-18(15)21)19(25)13-27-17-10-8-16(22)9-11-17/h4-11,14H,3,12-13H2,1-2H3,(H,23,26)/t14-/m0/s1. The van der Waals surface area contributed by atoms with E-state index in [1.807, 2.05) is 13.0 Å². The third kappa shape index (κ3) is 5.96. The van der Waals surface area contributed by atoms with Crippen LogP contribution in [0.3, 0.4) is 0 Å². The molecule has 0 saturated carbocycles. The molecule has 1 N–H and O–H groups in total. The van der Waals surface area contributed by atoms with Crippen molar-refractivity contribution in [3.05, 3.63) is 64.9 Å². The van der Waals surface area contributed by atoms with E-state index in [2.05, 4.69) is 5.32 Å². The van der Waals surface area contributed by atoms with Crippen molar-refractivity contribution in [3.63, 3.8) is 0 Å². The molecule has 0 aliphatic carbocycles. The van der Waals surface area contributed by atoms with Crippen LogP contribution in [-0.4, -0.2) is 35.9 Å². The predicted octanol–water partition coefficient (Wildman–Crippen LogP) is 3.41. The molecule has 0 saturated heterocycles. The first-order valence-electron chi connectivity index (χ1n) is 8.61. The number of nitrogens with zero attached hydrogens (tertiary/aromatic N) is 1. The summed E-state index contributed by atoms with van der Waals surface area (Å²) in [5, 5.41) is 3.22. The largest absolute Gasteiger partial charge is 0.484 e. The van der Waals surface area contributed by atoms with Crippen LogP contribution in [0.15, 0.2) is 48.5 Å². The molecule has 0 aliphatic rings. The van der Waals surface area contributed by atoms with E-state index in [1.165, 1.54) is 29.2 Å². The molecule has 0 bridgehead atoms. The molecule has 27 heavy (non-hydrogen) atoms. The van der Waals surface area contributed by atoms with E-state index in [-0.39, 0.29) is 30.8 Å². The van der Waals surface area contributed by atoms with Crippen LogP contribution in [0.25, 0.3) is 0 Å². The minimum absolute atomic E-state index is 0.170. The zero-order chi connectivity index (χ0) is 19.8. The van der Waals surface area contributed by atoms with E-state index in [0.717, 1.165) is 5.56 Å². The average molecular weight is 393 g/mol. The Morgan fingerprint density at radius 3 is 2.48 bits per heavy atom. The summed E-state index contributed by atoms with van der Waals surface area (Å²) in [4.78, 5) is 26.4.